The molecule has 2 rings (SSSR count). The van der Waals surface area contributed by atoms with E-state index in [1.807, 2.05) is 6.92 Å². The summed E-state index contributed by atoms with van der Waals surface area (Å²) >= 11 is 0. The molecule has 0 saturated carbocycles. The highest BCUT2D eigenvalue weighted by Gasteiger charge is 2.14. The van der Waals surface area contributed by atoms with E-state index in [9.17, 15) is 20.3 Å². The average molecular weight is 288 g/mol. The Kier molecular flexibility index (Phi) is 3.98. The summed E-state index contributed by atoms with van der Waals surface area (Å²) in [6.45, 7) is 3.60. The summed E-state index contributed by atoms with van der Waals surface area (Å²) < 4.78 is 0. The van der Waals surface area contributed by atoms with Crippen molar-refractivity contribution in [3.8, 4) is 11.5 Å². The van der Waals surface area contributed by atoms with Crippen molar-refractivity contribution in [1.29, 1.82) is 0 Å². The van der Waals surface area contributed by atoms with Gasteiger partial charge in [-0.3, -0.25) is 10.1 Å². The highest BCUT2D eigenvalue weighted by Crippen LogP contribution is 2.31. The van der Waals surface area contributed by atoms with Crippen molar-refractivity contribution < 1.29 is 15.1 Å². The fraction of sp³-hybridized carbons (Fsp3) is 0.200. The van der Waals surface area contributed by atoms with Crippen LogP contribution in [0.3, 0.4) is 0 Å². The number of aromatic hydroxyl groups is 2. The van der Waals surface area contributed by atoms with E-state index in [1.54, 1.807) is 13.0 Å². The number of anilines is 1. The predicted molar refractivity (Wildman–Crippen MR) is 79.6 cm³/mol. The van der Waals surface area contributed by atoms with Gasteiger partial charge < -0.3 is 15.5 Å². The Morgan fingerprint density at radius 2 is 1.90 bits per heavy atom. The summed E-state index contributed by atoms with van der Waals surface area (Å²) in [5.41, 5.74) is 2.05. The lowest BCUT2D eigenvalue weighted by Crippen LogP contribution is -2.08. The molecular formula is C15H16N2O4. The molecule has 0 aliphatic carbocycles. The molecule has 3 N–H and O–H groups in total. The molecule has 21 heavy (non-hydrogen) atoms. The van der Waals surface area contributed by atoms with E-state index >= 15 is 0 Å². The second-order valence-corrected chi connectivity index (χ2v) is 4.87. The van der Waals surface area contributed by atoms with Crippen molar-refractivity contribution >= 4 is 11.4 Å². The maximum Gasteiger partial charge on any atom is 0.269 e. The van der Waals surface area contributed by atoms with Crippen molar-refractivity contribution in [1.82, 2.24) is 0 Å². The highest BCUT2D eigenvalue weighted by molar-refractivity contribution is 5.57. The minimum Gasteiger partial charge on any atom is -0.508 e. The molecule has 6 heteroatoms. The normalized spacial score (nSPS) is 11.9. The summed E-state index contributed by atoms with van der Waals surface area (Å²) in [7, 11) is 0. The first-order valence-electron chi connectivity index (χ1n) is 6.42. The number of phenols is 2. The maximum atomic E-state index is 10.7. The van der Waals surface area contributed by atoms with Crippen LogP contribution < -0.4 is 5.32 Å². The van der Waals surface area contributed by atoms with E-state index < -0.39 is 4.92 Å². The zero-order chi connectivity index (χ0) is 15.6. The standard InChI is InChI=1S/C15H16N2O4/c1-9-7-11(17(20)21)3-5-14(9)16-10(2)13-8-12(18)4-6-15(13)19/h3-8,10,16,18-19H,1-2H3. The van der Waals surface area contributed by atoms with Gasteiger partial charge in [-0.25, -0.2) is 0 Å². The third-order valence-electron chi connectivity index (χ3n) is 3.27. The van der Waals surface area contributed by atoms with Gasteiger partial charge in [0.05, 0.1) is 11.0 Å². The quantitative estimate of drug-likeness (QED) is 0.454. The molecule has 6 nitrogen and oxygen atoms in total. The summed E-state index contributed by atoms with van der Waals surface area (Å²) in [6.07, 6.45) is 0. The average Bonchev–Trinajstić information content (AvgIpc) is 2.43. The van der Waals surface area contributed by atoms with Crippen LogP contribution >= 0.6 is 0 Å². The van der Waals surface area contributed by atoms with Gasteiger partial charge in [-0.05, 0) is 43.7 Å². The zero-order valence-corrected chi connectivity index (χ0v) is 11.7. The first-order chi connectivity index (χ1) is 9.88. The number of benzene rings is 2. The van der Waals surface area contributed by atoms with Crippen LogP contribution in [0.25, 0.3) is 0 Å². The monoisotopic (exact) mass is 288 g/mol. The van der Waals surface area contributed by atoms with Crippen LogP contribution in [0.2, 0.25) is 0 Å². The van der Waals surface area contributed by atoms with Gasteiger partial charge in [0.2, 0.25) is 0 Å². The molecule has 0 fully saturated rings. The third-order valence-corrected chi connectivity index (χ3v) is 3.27. The van der Waals surface area contributed by atoms with Crippen LogP contribution in [0.4, 0.5) is 11.4 Å². The number of hydrogen-bond donors (Lipinski definition) is 3. The van der Waals surface area contributed by atoms with Crippen LogP contribution in [-0.2, 0) is 0 Å². The van der Waals surface area contributed by atoms with Gasteiger partial charge >= 0.3 is 0 Å². The van der Waals surface area contributed by atoms with E-state index in [4.69, 9.17) is 0 Å². The van der Waals surface area contributed by atoms with Gasteiger partial charge in [-0.2, -0.15) is 0 Å². The molecule has 1 atom stereocenters. The zero-order valence-electron chi connectivity index (χ0n) is 11.7. The Morgan fingerprint density at radius 3 is 2.52 bits per heavy atom. The van der Waals surface area contributed by atoms with E-state index in [2.05, 4.69) is 5.32 Å². The largest absolute Gasteiger partial charge is 0.508 e. The van der Waals surface area contributed by atoms with Gasteiger partial charge in [0.25, 0.3) is 5.69 Å². The Bertz CT molecular complexity index is 685. The van der Waals surface area contributed by atoms with Crippen LogP contribution in [0, 0.1) is 17.0 Å². The Morgan fingerprint density at radius 1 is 1.19 bits per heavy atom. The van der Waals surface area contributed by atoms with E-state index in [0.717, 1.165) is 11.3 Å². The van der Waals surface area contributed by atoms with Crippen LogP contribution in [0.15, 0.2) is 36.4 Å². The number of phenolic OH excluding ortho intramolecular Hbond substituents is 2. The van der Waals surface area contributed by atoms with E-state index in [-0.39, 0.29) is 23.2 Å². The topological polar surface area (TPSA) is 95.6 Å². The fourth-order valence-electron chi connectivity index (χ4n) is 2.12. The molecule has 0 amide bonds. The van der Waals surface area contributed by atoms with Crippen molar-refractivity contribution in [2.24, 2.45) is 0 Å². The lowest BCUT2D eigenvalue weighted by molar-refractivity contribution is -0.384. The molecule has 2 aromatic carbocycles. The highest BCUT2D eigenvalue weighted by atomic mass is 16.6. The second kappa shape index (κ2) is 5.70. The second-order valence-electron chi connectivity index (χ2n) is 4.87. The van der Waals surface area contributed by atoms with Gasteiger partial charge in [0.15, 0.2) is 0 Å². The molecule has 0 spiro atoms. The minimum absolute atomic E-state index is 0.0332. The van der Waals surface area contributed by atoms with Gasteiger partial charge in [-0.15, -0.1) is 0 Å². The molecule has 0 radical (unpaired) electrons. The van der Waals surface area contributed by atoms with Gasteiger partial charge in [0.1, 0.15) is 11.5 Å². The summed E-state index contributed by atoms with van der Waals surface area (Å²) in [5.74, 6) is 0.143. The number of nitrogens with zero attached hydrogens (tertiary/aromatic N) is 1. The smallest absolute Gasteiger partial charge is 0.269 e. The van der Waals surface area contributed by atoms with Crippen molar-refractivity contribution in [3.63, 3.8) is 0 Å². The molecule has 0 aliphatic rings. The van der Waals surface area contributed by atoms with E-state index in [1.165, 1.54) is 30.3 Å². The Balaban J connectivity index is 2.25. The molecule has 1 unspecified atom stereocenters. The molecular weight excluding hydrogens is 272 g/mol. The Labute approximate surface area is 121 Å². The number of nitro groups is 1. The van der Waals surface area contributed by atoms with Crippen LogP contribution in [-0.4, -0.2) is 15.1 Å². The minimum atomic E-state index is -0.443. The van der Waals surface area contributed by atoms with Crippen molar-refractivity contribution in [3.05, 3.63) is 57.6 Å². The van der Waals surface area contributed by atoms with Crippen LogP contribution in [0.5, 0.6) is 11.5 Å². The summed E-state index contributed by atoms with van der Waals surface area (Å²) in [5, 5.41) is 33.2. The third kappa shape index (κ3) is 3.22. The molecule has 0 aromatic heterocycles. The first-order valence-corrected chi connectivity index (χ1v) is 6.42. The van der Waals surface area contributed by atoms with E-state index in [0.29, 0.717) is 5.56 Å². The molecule has 110 valence electrons. The summed E-state index contributed by atoms with van der Waals surface area (Å²) in [6, 6.07) is 8.57. The van der Waals surface area contributed by atoms with Gasteiger partial charge in [0, 0.05) is 23.4 Å². The van der Waals surface area contributed by atoms with Crippen molar-refractivity contribution in [2.45, 2.75) is 19.9 Å². The number of non-ortho nitro benzene ring substituents is 1. The molecule has 0 aliphatic heterocycles. The lowest BCUT2D eigenvalue weighted by atomic mass is 10.1. The molecule has 0 bridgehead atoms. The maximum absolute atomic E-state index is 10.7. The number of aryl methyl sites for hydroxylation is 1. The van der Waals surface area contributed by atoms with Crippen LogP contribution in [0.1, 0.15) is 24.1 Å². The van der Waals surface area contributed by atoms with Crippen molar-refractivity contribution in [2.75, 3.05) is 5.32 Å². The molecule has 0 heterocycles. The number of hydrogen-bond acceptors (Lipinski definition) is 5. The number of nitrogens with one attached hydrogen (secondary N) is 1. The fourth-order valence-corrected chi connectivity index (χ4v) is 2.12. The predicted octanol–water partition coefficient (Wildman–Crippen LogP) is 3.49. The first kappa shape index (κ1) is 14.6. The number of nitro benzene ring substituents is 1. The summed E-state index contributed by atoms with van der Waals surface area (Å²) in [4.78, 5) is 10.3. The SMILES string of the molecule is Cc1cc([N+](=O)[O-])ccc1NC(C)c1cc(O)ccc1O. The Hall–Kier alpha value is -2.76. The lowest BCUT2D eigenvalue weighted by Gasteiger charge is -2.18. The molecule has 0 saturated heterocycles. The molecule has 2 aromatic rings. The van der Waals surface area contributed by atoms with Gasteiger partial charge in [-0.1, -0.05) is 0 Å². The number of rotatable bonds is 4.